The number of carbonyl (C=O) groups excluding carboxylic acids is 2. The van der Waals surface area contributed by atoms with E-state index in [9.17, 15) is 9.59 Å². The Kier molecular flexibility index (Phi) is 7.66. The maximum absolute atomic E-state index is 12.9. The van der Waals surface area contributed by atoms with Crippen molar-refractivity contribution in [1.29, 1.82) is 0 Å². The van der Waals surface area contributed by atoms with E-state index in [0.717, 1.165) is 5.69 Å². The van der Waals surface area contributed by atoms with Gasteiger partial charge in [0.05, 0.1) is 0 Å². The number of hydrogen-bond donors (Lipinski definition) is 1. The van der Waals surface area contributed by atoms with Crippen LogP contribution in [0.15, 0.2) is 78.9 Å². The highest BCUT2D eigenvalue weighted by Gasteiger charge is 2.18. The van der Waals surface area contributed by atoms with Crippen molar-refractivity contribution in [3.05, 3.63) is 90.0 Å². The Morgan fingerprint density at radius 1 is 0.875 bits per heavy atom. The molecule has 0 radical (unpaired) electrons. The van der Waals surface area contributed by atoms with Crippen molar-refractivity contribution in [3.63, 3.8) is 0 Å². The van der Waals surface area contributed by atoms with Gasteiger partial charge in [-0.25, -0.2) is 0 Å². The third kappa shape index (κ3) is 5.76. The second-order valence-electron chi connectivity index (χ2n) is 7.94. The van der Waals surface area contributed by atoms with Crippen LogP contribution in [0.3, 0.4) is 0 Å². The fraction of sp³-hybridized carbons (Fsp3) is 0.259. The molecule has 166 valence electrons. The van der Waals surface area contributed by atoms with Crippen LogP contribution < -0.4 is 15.0 Å². The van der Waals surface area contributed by atoms with Gasteiger partial charge in [-0.1, -0.05) is 44.2 Å². The van der Waals surface area contributed by atoms with Crippen molar-refractivity contribution in [3.8, 4) is 5.75 Å². The van der Waals surface area contributed by atoms with E-state index in [1.807, 2.05) is 61.5 Å². The molecule has 0 saturated heterocycles. The maximum atomic E-state index is 12.9. The normalized spacial score (nSPS) is 11.7. The molecular formula is C27H30N2O3. The van der Waals surface area contributed by atoms with Crippen molar-refractivity contribution in [2.24, 2.45) is 0 Å². The first kappa shape index (κ1) is 23.1. The van der Waals surface area contributed by atoms with Crippen LogP contribution in [-0.4, -0.2) is 24.5 Å². The van der Waals surface area contributed by atoms with E-state index in [1.165, 1.54) is 5.56 Å². The number of hydrogen-bond acceptors (Lipinski definition) is 3. The lowest BCUT2D eigenvalue weighted by Crippen LogP contribution is -2.31. The molecule has 32 heavy (non-hydrogen) atoms. The van der Waals surface area contributed by atoms with E-state index in [2.05, 4.69) is 19.2 Å². The molecule has 2 amide bonds. The molecule has 5 heteroatoms. The summed E-state index contributed by atoms with van der Waals surface area (Å²) in [5, 5.41) is 2.84. The standard InChI is InChI=1S/C27H30N2O3/c1-5-29(24-9-7-6-8-10-24)27(31)22-11-15-23(16-12-22)28-26(30)20(4)32-25-17-13-21(14-18-25)19(2)3/h6-20H,5H2,1-4H3,(H,28,30). The van der Waals surface area contributed by atoms with Crippen LogP contribution in [0.25, 0.3) is 0 Å². The second-order valence-corrected chi connectivity index (χ2v) is 7.94. The molecule has 3 rings (SSSR count). The number of benzene rings is 3. The first-order valence-electron chi connectivity index (χ1n) is 10.9. The van der Waals surface area contributed by atoms with Crippen molar-refractivity contribution in [2.45, 2.75) is 39.7 Å². The molecule has 0 bridgehead atoms. The fourth-order valence-electron chi connectivity index (χ4n) is 3.34. The van der Waals surface area contributed by atoms with Crippen LogP contribution in [0.5, 0.6) is 5.75 Å². The van der Waals surface area contributed by atoms with E-state index < -0.39 is 6.10 Å². The summed E-state index contributed by atoms with van der Waals surface area (Å²) in [7, 11) is 0. The number of nitrogens with zero attached hydrogens (tertiary/aromatic N) is 1. The SMILES string of the molecule is CCN(C(=O)c1ccc(NC(=O)C(C)Oc2ccc(C(C)C)cc2)cc1)c1ccccc1. The number of amides is 2. The molecular weight excluding hydrogens is 400 g/mol. The first-order chi connectivity index (χ1) is 15.4. The van der Waals surface area contributed by atoms with E-state index in [0.29, 0.717) is 29.5 Å². The van der Waals surface area contributed by atoms with Gasteiger partial charge in [-0.15, -0.1) is 0 Å². The molecule has 0 saturated carbocycles. The average molecular weight is 431 g/mol. The van der Waals surface area contributed by atoms with E-state index in [4.69, 9.17) is 4.74 Å². The van der Waals surface area contributed by atoms with Crippen LogP contribution >= 0.6 is 0 Å². The smallest absolute Gasteiger partial charge is 0.265 e. The van der Waals surface area contributed by atoms with Crippen LogP contribution in [0, 0.1) is 0 Å². The third-order valence-electron chi connectivity index (χ3n) is 5.26. The Morgan fingerprint density at radius 3 is 2.06 bits per heavy atom. The number of ether oxygens (including phenoxy) is 1. The Hall–Kier alpha value is -3.60. The molecule has 5 nitrogen and oxygen atoms in total. The monoisotopic (exact) mass is 430 g/mol. The van der Waals surface area contributed by atoms with Crippen molar-refractivity contribution >= 4 is 23.2 Å². The molecule has 1 unspecified atom stereocenters. The lowest BCUT2D eigenvalue weighted by atomic mass is 10.0. The first-order valence-corrected chi connectivity index (χ1v) is 10.9. The van der Waals surface area contributed by atoms with Crippen molar-refractivity contribution in [1.82, 2.24) is 0 Å². The van der Waals surface area contributed by atoms with Crippen LogP contribution in [0.2, 0.25) is 0 Å². The molecule has 0 aliphatic heterocycles. The highest BCUT2D eigenvalue weighted by molar-refractivity contribution is 6.06. The number of nitrogens with one attached hydrogen (secondary N) is 1. The molecule has 3 aromatic carbocycles. The molecule has 0 aliphatic carbocycles. The third-order valence-corrected chi connectivity index (χ3v) is 5.26. The summed E-state index contributed by atoms with van der Waals surface area (Å²) in [6.45, 7) is 8.48. The van der Waals surface area contributed by atoms with Crippen molar-refractivity contribution < 1.29 is 14.3 Å². The summed E-state index contributed by atoms with van der Waals surface area (Å²) in [5.41, 5.74) is 3.24. The van der Waals surface area contributed by atoms with Gasteiger partial charge in [0.15, 0.2) is 6.10 Å². The van der Waals surface area contributed by atoms with Gasteiger partial charge in [-0.2, -0.15) is 0 Å². The number of para-hydroxylation sites is 1. The van der Waals surface area contributed by atoms with Gasteiger partial charge < -0.3 is 15.0 Å². The lowest BCUT2D eigenvalue weighted by molar-refractivity contribution is -0.122. The summed E-state index contributed by atoms with van der Waals surface area (Å²) in [4.78, 5) is 27.2. The van der Waals surface area contributed by atoms with Gasteiger partial charge >= 0.3 is 0 Å². The number of anilines is 2. The number of carbonyl (C=O) groups is 2. The van der Waals surface area contributed by atoms with Gasteiger partial charge in [-0.3, -0.25) is 9.59 Å². The largest absolute Gasteiger partial charge is 0.481 e. The zero-order valence-electron chi connectivity index (χ0n) is 19.0. The minimum absolute atomic E-state index is 0.0851. The average Bonchev–Trinajstić information content (AvgIpc) is 2.81. The van der Waals surface area contributed by atoms with Gasteiger partial charge in [0.1, 0.15) is 5.75 Å². The van der Waals surface area contributed by atoms with Crippen LogP contribution in [0.4, 0.5) is 11.4 Å². The van der Waals surface area contributed by atoms with E-state index in [-0.39, 0.29) is 11.8 Å². The quantitative estimate of drug-likeness (QED) is 0.485. The maximum Gasteiger partial charge on any atom is 0.265 e. The van der Waals surface area contributed by atoms with E-state index in [1.54, 1.807) is 36.1 Å². The Morgan fingerprint density at radius 2 is 1.50 bits per heavy atom. The minimum Gasteiger partial charge on any atom is -0.481 e. The Labute approximate surface area is 190 Å². The summed E-state index contributed by atoms with van der Waals surface area (Å²) in [6, 6.07) is 24.2. The Bertz CT molecular complexity index is 1030. The molecule has 1 N–H and O–H groups in total. The number of rotatable bonds is 8. The molecule has 0 fully saturated rings. The van der Waals surface area contributed by atoms with Crippen LogP contribution in [-0.2, 0) is 4.79 Å². The zero-order chi connectivity index (χ0) is 23.1. The molecule has 0 aromatic heterocycles. The Balaban J connectivity index is 1.60. The minimum atomic E-state index is -0.658. The van der Waals surface area contributed by atoms with E-state index >= 15 is 0 Å². The summed E-state index contributed by atoms with van der Waals surface area (Å²) in [5.74, 6) is 0.755. The van der Waals surface area contributed by atoms with Gasteiger partial charge in [0.25, 0.3) is 11.8 Å². The lowest BCUT2D eigenvalue weighted by Gasteiger charge is -2.21. The van der Waals surface area contributed by atoms with Crippen LogP contribution in [0.1, 0.15) is 49.5 Å². The van der Waals surface area contributed by atoms with Gasteiger partial charge in [0.2, 0.25) is 0 Å². The van der Waals surface area contributed by atoms with Gasteiger partial charge in [0, 0.05) is 23.5 Å². The summed E-state index contributed by atoms with van der Waals surface area (Å²) < 4.78 is 5.77. The molecule has 3 aromatic rings. The predicted molar refractivity (Wildman–Crippen MR) is 129 cm³/mol. The fourth-order valence-corrected chi connectivity index (χ4v) is 3.34. The van der Waals surface area contributed by atoms with Gasteiger partial charge in [-0.05, 0) is 73.9 Å². The highest BCUT2D eigenvalue weighted by Crippen LogP contribution is 2.21. The summed E-state index contributed by atoms with van der Waals surface area (Å²) in [6.07, 6.45) is -0.658. The highest BCUT2D eigenvalue weighted by atomic mass is 16.5. The molecule has 0 heterocycles. The molecule has 0 spiro atoms. The molecule has 0 aliphatic rings. The molecule has 1 atom stereocenters. The summed E-state index contributed by atoms with van der Waals surface area (Å²) >= 11 is 0. The predicted octanol–water partition coefficient (Wildman–Crippen LogP) is 5.88. The zero-order valence-corrected chi connectivity index (χ0v) is 19.0. The van der Waals surface area contributed by atoms with Crippen molar-refractivity contribution in [2.75, 3.05) is 16.8 Å². The second kappa shape index (κ2) is 10.6. The topological polar surface area (TPSA) is 58.6 Å².